The lowest BCUT2D eigenvalue weighted by atomic mass is 9.85. The molecule has 0 spiro atoms. The van der Waals surface area contributed by atoms with Crippen LogP contribution in [-0.4, -0.2) is 26.5 Å². The zero-order valence-corrected chi connectivity index (χ0v) is 13.8. The number of allylic oxidation sites excluding steroid dienone is 4. The lowest BCUT2D eigenvalue weighted by molar-refractivity contribution is -0.129. The van der Waals surface area contributed by atoms with Crippen LogP contribution in [-0.2, 0) is 14.2 Å². The van der Waals surface area contributed by atoms with Crippen molar-refractivity contribution in [3.63, 3.8) is 0 Å². The van der Waals surface area contributed by atoms with E-state index in [4.69, 9.17) is 9.79 Å². The summed E-state index contributed by atoms with van der Waals surface area (Å²) in [4.78, 5) is 42.6. The molecule has 24 heavy (non-hydrogen) atoms. The molecule has 0 aliphatic heterocycles. The first-order valence-electron chi connectivity index (χ1n) is 7.25. The fourth-order valence-electron chi connectivity index (χ4n) is 2.53. The van der Waals surface area contributed by atoms with E-state index >= 15 is 0 Å². The third-order valence-corrected chi connectivity index (χ3v) is 4.25. The summed E-state index contributed by atoms with van der Waals surface area (Å²) in [6.45, 7) is 1.80. The Morgan fingerprint density at radius 2 is 1.92 bits per heavy atom. The number of aromatic hydroxyl groups is 1. The molecular formula is C16H18NO6P. The van der Waals surface area contributed by atoms with Crippen molar-refractivity contribution >= 4 is 19.3 Å². The number of carbonyl (C=O) groups is 2. The van der Waals surface area contributed by atoms with E-state index in [-0.39, 0.29) is 23.8 Å². The summed E-state index contributed by atoms with van der Waals surface area (Å²) < 4.78 is 11.1. The molecule has 0 bridgehead atoms. The number of carbonyl (C=O) groups excluding carboxylic acids is 2. The van der Waals surface area contributed by atoms with E-state index in [0.29, 0.717) is 0 Å². The van der Waals surface area contributed by atoms with Crippen LogP contribution >= 0.6 is 7.75 Å². The number of phenolic OH excluding ortho intramolecular Hbond substituents is 1. The zero-order chi connectivity index (χ0) is 17.9. The second-order valence-corrected chi connectivity index (χ2v) is 6.95. The maximum Gasteiger partial charge on any atom is 0.427 e. The molecule has 0 radical (unpaired) electrons. The molecule has 1 aliphatic carbocycles. The van der Waals surface area contributed by atoms with Gasteiger partial charge in [-0.3, -0.25) is 14.7 Å². The van der Waals surface area contributed by atoms with Gasteiger partial charge in [-0.05, 0) is 35.8 Å². The van der Waals surface area contributed by atoms with Gasteiger partial charge >= 0.3 is 7.75 Å². The molecule has 0 saturated carbocycles. The van der Waals surface area contributed by atoms with Gasteiger partial charge in [0.15, 0.2) is 5.78 Å². The maximum atomic E-state index is 12.5. The fourth-order valence-corrected chi connectivity index (χ4v) is 3.07. The van der Waals surface area contributed by atoms with Gasteiger partial charge in [-0.15, -0.1) is 0 Å². The van der Waals surface area contributed by atoms with Crippen molar-refractivity contribution in [2.24, 2.45) is 5.92 Å². The van der Waals surface area contributed by atoms with E-state index in [2.05, 4.69) is 0 Å². The van der Waals surface area contributed by atoms with Gasteiger partial charge in [0.05, 0.1) is 0 Å². The van der Waals surface area contributed by atoms with Crippen molar-refractivity contribution in [3.05, 3.63) is 53.8 Å². The Morgan fingerprint density at radius 3 is 2.50 bits per heavy atom. The predicted molar refractivity (Wildman–Crippen MR) is 87.0 cm³/mol. The molecule has 8 heteroatoms. The largest absolute Gasteiger partial charge is 0.508 e. The van der Waals surface area contributed by atoms with Crippen molar-refractivity contribution in [2.45, 2.75) is 19.3 Å². The number of ketones is 2. The van der Waals surface area contributed by atoms with E-state index in [1.165, 1.54) is 30.4 Å². The van der Waals surface area contributed by atoms with E-state index in [1.54, 1.807) is 19.1 Å². The Balaban J connectivity index is 2.15. The first-order valence-corrected chi connectivity index (χ1v) is 8.86. The quantitative estimate of drug-likeness (QED) is 0.455. The Hall–Kier alpha value is -2.21. The van der Waals surface area contributed by atoms with Crippen LogP contribution < -0.4 is 5.09 Å². The van der Waals surface area contributed by atoms with Crippen LogP contribution in [0, 0.1) is 5.92 Å². The molecule has 1 aromatic carbocycles. The van der Waals surface area contributed by atoms with E-state index in [9.17, 15) is 19.3 Å². The van der Waals surface area contributed by atoms with Crippen LogP contribution in [0.4, 0.5) is 0 Å². The van der Waals surface area contributed by atoms with E-state index < -0.39 is 25.2 Å². The Labute approximate surface area is 138 Å². The summed E-state index contributed by atoms with van der Waals surface area (Å²) in [5.41, 5.74) is 0.715. The summed E-state index contributed by atoms with van der Waals surface area (Å²) in [6, 6.07) is 6.37. The SMILES string of the molecule is CC(CC(=O)C1C(=O)C=CC=C1NP(=O)(O)O)c1ccc(O)cc1. The number of benzene rings is 1. The minimum absolute atomic E-state index is 0.0230. The van der Waals surface area contributed by atoms with E-state index in [1.807, 2.05) is 5.09 Å². The molecular weight excluding hydrogens is 333 g/mol. The highest BCUT2D eigenvalue weighted by Crippen LogP contribution is 2.34. The van der Waals surface area contributed by atoms with Gasteiger partial charge in [-0.25, -0.2) is 4.57 Å². The summed E-state index contributed by atoms with van der Waals surface area (Å²) in [7, 11) is -4.62. The lowest BCUT2D eigenvalue weighted by Gasteiger charge is -2.22. The van der Waals surface area contributed by atoms with Crippen LogP contribution in [0.15, 0.2) is 48.2 Å². The average Bonchev–Trinajstić information content (AvgIpc) is 2.46. The zero-order valence-electron chi connectivity index (χ0n) is 12.9. The third kappa shape index (κ3) is 4.64. The molecule has 0 fully saturated rings. The van der Waals surface area contributed by atoms with Gasteiger partial charge in [0.1, 0.15) is 17.5 Å². The van der Waals surface area contributed by atoms with Crippen LogP contribution in [0.3, 0.4) is 0 Å². The molecule has 7 nitrogen and oxygen atoms in total. The molecule has 1 aliphatic rings. The molecule has 1 aromatic rings. The van der Waals surface area contributed by atoms with Crippen LogP contribution in [0.2, 0.25) is 0 Å². The molecule has 128 valence electrons. The van der Waals surface area contributed by atoms with Gasteiger partial charge in [0.25, 0.3) is 0 Å². The fraction of sp³-hybridized carbons (Fsp3) is 0.250. The van der Waals surface area contributed by atoms with Crippen LogP contribution in [0.25, 0.3) is 0 Å². The predicted octanol–water partition coefficient (Wildman–Crippen LogP) is 1.78. The van der Waals surface area contributed by atoms with Gasteiger partial charge < -0.3 is 14.9 Å². The van der Waals surface area contributed by atoms with Crippen molar-refractivity contribution < 1.29 is 29.0 Å². The second-order valence-electron chi connectivity index (χ2n) is 5.64. The summed E-state index contributed by atoms with van der Waals surface area (Å²) >= 11 is 0. The van der Waals surface area contributed by atoms with Gasteiger partial charge in [-0.1, -0.05) is 25.1 Å². The molecule has 2 atom stereocenters. The monoisotopic (exact) mass is 351 g/mol. The number of rotatable bonds is 6. The summed E-state index contributed by atoms with van der Waals surface area (Å²) in [5, 5.41) is 11.2. The Kier molecular flexibility index (Phi) is 5.39. The standard InChI is InChI=1S/C16H18NO6P/c1-10(11-5-7-12(18)8-6-11)9-15(20)16-13(17-24(21,22)23)3-2-4-14(16)19/h2-8,10,16,18H,9H2,1H3,(H3,17,21,22,23). The molecule has 0 heterocycles. The normalized spacial score (nSPS) is 18.9. The maximum absolute atomic E-state index is 12.5. The smallest absolute Gasteiger partial charge is 0.427 e. The number of Topliss-reactive ketones (excluding diaryl/α,β-unsaturated/α-hetero) is 1. The number of phenols is 1. The minimum Gasteiger partial charge on any atom is -0.508 e. The Morgan fingerprint density at radius 1 is 1.29 bits per heavy atom. The van der Waals surface area contributed by atoms with Gasteiger partial charge in [0, 0.05) is 12.1 Å². The highest BCUT2D eigenvalue weighted by atomic mass is 31.2. The first-order chi connectivity index (χ1) is 11.2. The number of hydrogen-bond donors (Lipinski definition) is 4. The van der Waals surface area contributed by atoms with Crippen molar-refractivity contribution in [2.75, 3.05) is 0 Å². The number of hydrogen-bond acceptors (Lipinski definition) is 4. The average molecular weight is 351 g/mol. The van der Waals surface area contributed by atoms with Gasteiger partial charge in [0.2, 0.25) is 0 Å². The molecule has 2 rings (SSSR count). The topological polar surface area (TPSA) is 124 Å². The van der Waals surface area contributed by atoms with Gasteiger partial charge in [-0.2, -0.15) is 0 Å². The lowest BCUT2D eigenvalue weighted by Crippen LogP contribution is -2.32. The van der Waals surface area contributed by atoms with E-state index in [0.717, 1.165) is 5.56 Å². The van der Waals surface area contributed by atoms with Crippen molar-refractivity contribution in [1.82, 2.24) is 5.09 Å². The number of nitrogens with one attached hydrogen (secondary N) is 1. The molecule has 0 amide bonds. The second kappa shape index (κ2) is 7.13. The Bertz CT molecular complexity index is 746. The minimum atomic E-state index is -4.62. The molecule has 0 aromatic heterocycles. The highest BCUT2D eigenvalue weighted by molar-refractivity contribution is 7.49. The first kappa shape index (κ1) is 18.1. The summed E-state index contributed by atoms with van der Waals surface area (Å²) in [6.07, 6.45) is 3.88. The molecule has 2 unspecified atom stereocenters. The van der Waals surface area contributed by atoms with Crippen LogP contribution in [0.1, 0.15) is 24.8 Å². The van der Waals surface area contributed by atoms with Crippen LogP contribution in [0.5, 0.6) is 5.75 Å². The van der Waals surface area contributed by atoms with Crippen molar-refractivity contribution in [1.29, 1.82) is 0 Å². The van der Waals surface area contributed by atoms with Crippen molar-refractivity contribution in [3.8, 4) is 5.75 Å². The summed E-state index contributed by atoms with van der Waals surface area (Å²) in [5.74, 6) is -2.30. The highest BCUT2D eigenvalue weighted by Gasteiger charge is 2.33. The molecule has 0 saturated heterocycles. The third-order valence-electron chi connectivity index (χ3n) is 3.70. The molecule has 4 N–H and O–H groups in total.